The number of nitrogens with one attached hydrogen (secondary N) is 1. The van der Waals surface area contributed by atoms with Crippen molar-refractivity contribution < 1.29 is 5.11 Å². The molecule has 1 aliphatic carbocycles. The Morgan fingerprint density at radius 1 is 1.26 bits per heavy atom. The van der Waals surface area contributed by atoms with Gasteiger partial charge in [-0.05, 0) is 44.2 Å². The number of hydrogen-bond acceptors (Lipinski definition) is 3. The van der Waals surface area contributed by atoms with Crippen LogP contribution in [0.15, 0.2) is 0 Å². The molecule has 1 saturated carbocycles. The molecule has 1 atom stereocenters. The molecule has 1 unspecified atom stereocenters. The molecule has 0 aromatic heterocycles. The molecule has 0 aliphatic heterocycles. The molecule has 0 bridgehead atoms. The first-order valence-electron chi connectivity index (χ1n) is 8.07. The summed E-state index contributed by atoms with van der Waals surface area (Å²) in [6.07, 6.45) is 6.22. The van der Waals surface area contributed by atoms with E-state index in [0.717, 1.165) is 25.6 Å². The highest BCUT2D eigenvalue weighted by Gasteiger charge is 2.28. The van der Waals surface area contributed by atoms with Crippen LogP contribution in [0.1, 0.15) is 59.8 Å². The van der Waals surface area contributed by atoms with E-state index in [4.69, 9.17) is 5.11 Å². The van der Waals surface area contributed by atoms with Crippen molar-refractivity contribution in [2.45, 2.75) is 71.9 Å². The lowest BCUT2D eigenvalue weighted by Crippen LogP contribution is -2.46. The fourth-order valence-corrected chi connectivity index (χ4v) is 2.89. The van der Waals surface area contributed by atoms with Gasteiger partial charge in [0.05, 0.1) is 0 Å². The normalized spacial score (nSPS) is 18.6. The minimum atomic E-state index is 0.318. The van der Waals surface area contributed by atoms with Crippen LogP contribution in [-0.2, 0) is 0 Å². The highest BCUT2D eigenvalue weighted by atomic mass is 16.3. The standard InChI is InChI=1S/C16H34N2O/c1-5-17-15(16(2,3)4)10-12-18(11-7-13-19)14-8-6-9-14/h14-15,17,19H,5-13H2,1-4H3. The zero-order chi connectivity index (χ0) is 14.3. The van der Waals surface area contributed by atoms with Crippen molar-refractivity contribution in [1.29, 1.82) is 0 Å². The molecule has 0 amide bonds. The van der Waals surface area contributed by atoms with Crippen molar-refractivity contribution in [1.82, 2.24) is 10.2 Å². The quantitative estimate of drug-likeness (QED) is 0.676. The molecule has 0 aromatic carbocycles. The van der Waals surface area contributed by atoms with Crippen molar-refractivity contribution >= 4 is 0 Å². The Morgan fingerprint density at radius 3 is 2.37 bits per heavy atom. The van der Waals surface area contributed by atoms with E-state index >= 15 is 0 Å². The number of hydrogen-bond donors (Lipinski definition) is 2. The van der Waals surface area contributed by atoms with Gasteiger partial charge in [-0.3, -0.25) is 0 Å². The molecule has 1 aliphatic rings. The van der Waals surface area contributed by atoms with E-state index in [1.807, 2.05) is 0 Å². The Bertz CT molecular complexity index is 233. The van der Waals surface area contributed by atoms with Gasteiger partial charge in [-0.2, -0.15) is 0 Å². The summed E-state index contributed by atoms with van der Waals surface area (Å²) in [7, 11) is 0. The van der Waals surface area contributed by atoms with Gasteiger partial charge in [0, 0.05) is 25.2 Å². The van der Waals surface area contributed by atoms with Crippen LogP contribution in [0, 0.1) is 5.41 Å². The molecule has 0 heterocycles. The van der Waals surface area contributed by atoms with Crippen molar-refractivity contribution in [2.75, 3.05) is 26.2 Å². The summed E-state index contributed by atoms with van der Waals surface area (Å²) in [5.41, 5.74) is 0.318. The van der Waals surface area contributed by atoms with Crippen molar-refractivity contribution in [3.8, 4) is 0 Å². The molecular weight excluding hydrogens is 236 g/mol. The predicted octanol–water partition coefficient (Wildman–Crippen LogP) is 2.64. The SMILES string of the molecule is CCNC(CCN(CCCO)C1CCC1)C(C)(C)C. The molecule has 3 heteroatoms. The van der Waals surface area contributed by atoms with Crippen LogP contribution in [0.25, 0.3) is 0 Å². The minimum absolute atomic E-state index is 0.318. The van der Waals surface area contributed by atoms with E-state index in [1.54, 1.807) is 0 Å². The van der Waals surface area contributed by atoms with Crippen LogP contribution in [0.5, 0.6) is 0 Å². The third kappa shape index (κ3) is 5.80. The largest absolute Gasteiger partial charge is 0.396 e. The number of nitrogens with zero attached hydrogens (tertiary/aromatic N) is 1. The van der Waals surface area contributed by atoms with Crippen LogP contribution >= 0.6 is 0 Å². The van der Waals surface area contributed by atoms with Crippen molar-refractivity contribution in [2.24, 2.45) is 5.41 Å². The first-order chi connectivity index (χ1) is 8.99. The van der Waals surface area contributed by atoms with Gasteiger partial charge in [-0.25, -0.2) is 0 Å². The molecule has 1 rings (SSSR count). The van der Waals surface area contributed by atoms with Crippen LogP contribution < -0.4 is 5.32 Å². The molecule has 0 saturated heterocycles. The van der Waals surface area contributed by atoms with Gasteiger partial charge >= 0.3 is 0 Å². The van der Waals surface area contributed by atoms with E-state index < -0.39 is 0 Å². The molecule has 1 fully saturated rings. The zero-order valence-corrected chi connectivity index (χ0v) is 13.4. The maximum Gasteiger partial charge on any atom is 0.0443 e. The maximum absolute atomic E-state index is 9.04. The summed E-state index contributed by atoms with van der Waals surface area (Å²) in [5.74, 6) is 0. The highest BCUT2D eigenvalue weighted by Crippen LogP contribution is 2.27. The van der Waals surface area contributed by atoms with Crippen molar-refractivity contribution in [3.63, 3.8) is 0 Å². The summed E-state index contributed by atoms with van der Waals surface area (Å²) >= 11 is 0. The Morgan fingerprint density at radius 2 is 1.95 bits per heavy atom. The number of aliphatic hydroxyl groups excluding tert-OH is 1. The van der Waals surface area contributed by atoms with Gasteiger partial charge in [0.1, 0.15) is 0 Å². The average molecular weight is 270 g/mol. The van der Waals surface area contributed by atoms with Gasteiger partial charge < -0.3 is 15.3 Å². The summed E-state index contributed by atoms with van der Waals surface area (Å²) in [5, 5.41) is 12.7. The molecule has 0 aromatic rings. The average Bonchev–Trinajstić information content (AvgIpc) is 2.26. The molecule has 2 N–H and O–H groups in total. The summed E-state index contributed by atoms with van der Waals surface area (Å²) in [6.45, 7) is 12.7. The van der Waals surface area contributed by atoms with Gasteiger partial charge in [-0.15, -0.1) is 0 Å². The lowest BCUT2D eigenvalue weighted by Gasteiger charge is -2.40. The fourth-order valence-electron chi connectivity index (χ4n) is 2.89. The Balaban J connectivity index is 2.43. The topological polar surface area (TPSA) is 35.5 Å². The van der Waals surface area contributed by atoms with E-state index in [-0.39, 0.29) is 0 Å². The molecular formula is C16H34N2O. The monoisotopic (exact) mass is 270 g/mol. The second-order valence-electron chi connectivity index (χ2n) is 6.96. The van der Waals surface area contributed by atoms with Crippen LogP contribution in [0.4, 0.5) is 0 Å². The molecule has 0 radical (unpaired) electrons. The van der Waals surface area contributed by atoms with E-state index in [2.05, 4.69) is 37.9 Å². The highest BCUT2D eigenvalue weighted by molar-refractivity contribution is 4.84. The third-order valence-corrected chi connectivity index (χ3v) is 4.40. The Labute approximate surface area is 119 Å². The van der Waals surface area contributed by atoms with Crippen molar-refractivity contribution in [3.05, 3.63) is 0 Å². The van der Waals surface area contributed by atoms with E-state index in [1.165, 1.54) is 32.2 Å². The van der Waals surface area contributed by atoms with Crippen LogP contribution in [-0.4, -0.2) is 48.3 Å². The zero-order valence-electron chi connectivity index (χ0n) is 13.4. The first-order valence-corrected chi connectivity index (χ1v) is 8.07. The molecule has 19 heavy (non-hydrogen) atoms. The van der Waals surface area contributed by atoms with Gasteiger partial charge in [0.2, 0.25) is 0 Å². The lowest BCUT2D eigenvalue weighted by atomic mass is 9.84. The van der Waals surface area contributed by atoms with Crippen LogP contribution in [0.2, 0.25) is 0 Å². The third-order valence-electron chi connectivity index (χ3n) is 4.40. The predicted molar refractivity (Wildman–Crippen MR) is 82.5 cm³/mol. The fraction of sp³-hybridized carbons (Fsp3) is 1.00. The van der Waals surface area contributed by atoms with E-state index in [0.29, 0.717) is 18.1 Å². The van der Waals surface area contributed by atoms with Gasteiger partial charge in [0.25, 0.3) is 0 Å². The lowest BCUT2D eigenvalue weighted by molar-refractivity contribution is 0.103. The second-order valence-corrected chi connectivity index (χ2v) is 6.96. The second kappa shape index (κ2) is 8.23. The molecule has 0 spiro atoms. The smallest absolute Gasteiger partial charge is 0.0443 e. The summed E-state index contributed by atoms with van der Waals surface area (Å²) in [6, 6.07) is 1.36. The Hall–Kier alpha value is -0.120. The van der Waals surface area contributed by atoms with E-state index in [9.17, 15) is 0 Å². The summed E-state index contributed by atoms with van der Waals surface area (Å²) < 4.78 is 0. The maximum atomic E-state index is 9.04. The number of rotatable bonds is 9. The Kier molecular flexibility index (Phi) is 7.33. The molecule has 114 valence electrons. The first kappa shape index (κ1) is 16.9. The molecule has 3 nitrogen and oxygen atoms in total. The van der Waals surface area contributed by atoms with Gasteiger partial charge in [-0.1, -0.05) is 34.1 Å². The summed E-state index contributed by atoms with van der Waals surface area (Å²) in [4.78, 5) is 2.61. The van der Waals surface area contributed by atoms with Gasteiger partial charge in [0.15, 0.2) is 0 Å². The van der Waals surface area contributed by atoms with Crippen LogP contribution in [0.3, 0.4) is 0 Å². The number of aliphatic hydroxyl groups is 1. The minimum Gasteiger partial charge on any atom is -0.396 e.